The molecule has 0 fully saturated rings. The number of halogens is 1. The van der Waals surface area contributed by atoms with Gasteiger partial charge in [0.25, 0.3) is 0 Å². The van der Waals surface area contributed by atoms with E-state index in [1.165, 1.54) is 10.9 Å². The van der Waals surface area contributed by atoms with Gasteiger partial charge in [-0.3, -0.25) is 19.6 Å². The molecule has 1 unspecified atom stereocenters. The van der Waals surface area contributed by atoms with Crippen molar-refractivity contribution in [3.05, 3.63) is 57.4 Å². The van der Waals surface area contributed by atoms with Gasteiger partial charge in [0.15, 0.2) is 0 Å². The molecule has 0 aliphatic carbocycles. The fraction of sp³-hybridized carbons (Fsp3) is 0.231. The van der Waals surface area contributed by atoms with E-state index in [0.717, 1.165) is 11.8 Å². The Morgan fingerprint density at radius 3 is 2.86 bits per heavy atom. The van der Waals surface area contributed by atoms with E-state index in [1.54, 1.807) is 19.1 Å². The average molecular weight is 309 g/mol. The van der Waals surface area contributed by atoms with E-state index in [4.69, 9.17) is 11.6 Å². The Morgan fingerprint density at radius 1 is 1.52 bits per heavy atom. The van der Waals surface area contributed by atoms with E-state index < -0.39 is 11.0 Å². The molecule has 0 aliphatic heterocycles. The first-order valence-electron chi connectivity index (χ1n) is 6.18. The molecule has 21 heavy (non-hydrogen) atoms. The third kappa shape index (κ3) is 3.57. The first-order valence-corrected chi connectivity index (χ1v) is 6.56. The lowest BCUT2D eigenvalue weighted by Crippen LogP contribution is -2.30. The number of carbonyl (C=O) groups excluding carboxylic acids is 1. The molecule has 0 saturated carbocycles. The topological polar surface area (TPSA) is 90.1 Å². The molecule has 1 atom stereocenters. The van der Waals surface area contributed by atoms with Crippen LogP contribution in [-0.4, -0.2) is 20.6 Å². The third-order valence-electron chi connectivity index (χ3n) is 2.99. The second-order valence-corrected chi connectivity index (χ2v) is 4.83. The van der Waals surface area contributed by atoms with Crippen LogP contribution in [0.2, 0.25) is 5.02 Å². The van der Waals surface area contributed by atoms with Gasteiger partial charge in [-0.05, 0) is 18.6 Å². The zero-order valence-corrected chi connectivity index (χ0v) is 11.9. The smallest absolute Gasteiger partial charge is 0.307 e. The third-order valence-corrected chi connectivity index (χ3v) is 3.35. The van der Waals surface area contributed by atoms with Crippen LogP contribution < -0.4 is 5.32 Å². The van der Waals surface area contributed by atoms with Gasteiger partial charge in [0.05, 0.1) is 4.92 Å². The maximum atomic E-state index is 12.0. The number of carbonyl (C=O) groups is 1. The first-order chi connectivity index (χ1) is 9.99. The van der Waals surface area contributed by atoms with Crippen molar-refractivity contribution in [3.8, 4) is 0 Å². The number of nitrogens with zero attached hydrogens (tertiary/aromatic N) is 3. The fourth-order valence-corrected chi connectivity index (χ4v) is 1.93. The molecule has 7 nitrogen and oxygen atoms in total. The van der Waals surface area contributed by atoms with E-state index in [-0.39, 0.29) is 18.1 Å². The predicted octanol–water partition coefficient (Wildman–Crippen LogP) is 2.32. The zero-order valence-electron chi connectivity index (χ0n) is 11.2. The number of aromatic nitrogens is 2. The van der Waals surface area contributed by atoms with E-state index in [2.05, 4.69) is 10.4 Å². The van der Waals surface area contributed by atoms with Crippen molar-refractivity contribution in [2.45, 2.75) is 19.5 Å². The molecule has 1 heterocycles. The number of amides is 1. The second-order valence-electron chi connectivity index (χ2n) is 4.42. The van der Waals surface area contributed by atoms with Gasteiger partial charge in [0, 0.05) is 11.6 Å². The fourth-order valence-electron chi connectivity index (χ4n) is 1.73. The normalized spacial score (nSPS) is 11.9. The summed E-state index contributed by atoms with van der Waals surface area (Å²) in [6, 6.07) is 6.53. The summed E-state index contributed by atoms with van der Waals surface area (Å²) < 4.78 is 1.25. The molecular formula is C13H13ClN4O3. The van der Waals surface area contributed by atoms with Crippen LogP contribution >= 0.6 is 11.6 Å². The van der Waals surface area contributed by atoms with Crippen molar-refractivity contribution in [1.29, 1.82) is 0 Å². The minimum atomic E-state index is -0.652. The molecule has 0 saturated heterocycles. The standard InChI is InChI=1S/C13H13ClN4O3/c1-9(17-8-11(7-16-17)18(20)21)13(19)15-6-10-4-2-3-5-12(10)14/h2-5,7-9H,6H2,1H3,(H,15,19). The highest BCUT2D eigenvalue weighted by Crippen LogP contribution is 2.16. The molecule has 2 aromatic rings. The Kier molecular flexibility index (Phi) is 4.54. The summed E-state index contributed by atoms with van der Waals surface area (Å²) >= 11 is 6.00. The number of hydrogen-bond acceptors (Lipinski definition) is 4. The Labute approximate surface area is 125 Å². The minimum absolute atomic E-state index is 0.152. The second kappa shape index (κ2) is 6.36. The largest absolute Gasteiger partial charge is 0.350 e. The van der Waals surface area contributed by atoms with Crippen molar-refractivity contribution in [2.75, 3.05) is 0 Å². The molecule has 1 amide bonds. The van der Waals surface area contributed by atoms with Gasteiger partial charge in [-0.25, -0.2) is 0 Å². The highest BCUT2D eigenvalue weighted by Gasteiger charge is 2.18. The monoisotopic (exact) mass is 308 g/mol. The summed E-state index contributed by atoms with van der Waals surface area (Å²) in [6.45, 7) is 1.89. The van der Waals surface area contributed by atoms with Crippen molar-refractivity contribution in [3.63, 3.8) is 0 Å². The van der Waals surface area contributed by atoms with Crippen LogP contribution in [0.5, 0.6) is 0 Å². The molecule has 0 aliphatic rings. The van der Waals surface area contributed by atoms with E-state index >= 15 is 0 Å². The van der Waals surface area contributed by atoms with Gasteiger partial charge in [-0.15, -0.1) is 0 Å². The lowest BCUT2D eigenvalue weighted by molar-refractivity contribution is -0.385. The number of benzene rings is 1. The lowest BCUT2D eigenvalue weighted by atomic mass is 10.2. The van der Waals surface area contributed by atoms with Crippen LogP contribution in [0.25, 0.3) is 0 Å². The van der Waals surface area contributed by atoms with Crippen LogP contribution in [-0.2, 0) is 11.3 Å². The van der Waals surface area contributed by atoms with Crippen LogP contribution in [0, 0.1) is 10.1 Å². The molecule has 1 aromatic heterocycles. The molecule has 0 bridgehead atoms. The molecule has 8 heteroatoms. The van der Waals surface area contributed by atoms with E-state index in [1.807, 2.05) is 12.1 Å². The average Bonchev–Trinajstić information content (AvgIpc) is 2.95. The number of rotatable bonds is 5. The molecule has 110 valence electrons. The number of nitro groups is 1. The minimum Gasteiger partial charge on any atom is -0.350 e. The molecule has 2 rings (SSSR count). The summed E-state index contributed by atoms with van der Waals surface area (Å²) in [5.74, 6) is -0.298. The SMILES string of the molecule is CC(C(=O)NCc1ccccc1Cl)n1cc([N+](=O)[O-])cn1. The molecule has 1 N–H and O–H groups in total. The van der Waals surface area contributed by atoms with Gasteiger partial charge in [-0.1, -0.05) is 29.8 Å². The Morgan fingerprint density at radius 2 is 2.24 bits per heavy atom. The highest BCUT2D eigenvalue weighted by molar-refractivity contribution is 6.31. The van der Waals surface area contributed by atoms with Crippen LogP contribution in [0.1, 0.15) is 18.5 Å². The first kappa shape index (κ1) is 15.0. The van der Waals surface area contributed by atoms with Crippen LogP contribution in [0.15, 0.2) is 36.7 Å². The van der Waals surface area contributed by atoms with Crippen molar-refractivity contribution >= 4 is 23.2 Å². The summed E-state index contributed by atoms with van der Waals surface area (Å²) in [7, 11) is 0. The van der Waals surface area contributed by atoms with E-state index in [0.29, 0.717) is 5.02 Å². The summed E-state index contributed by atoms with van der Waals surface area (Å²) in [6.07, 6.45) is 2.33. The Bertz CT molecular complexity index is 671. The van der Waals surface area contributed by atoms with Crippen LogP contribution in [0.3, 0.4) is 0 Å². The van der Waals surface area contributed by atoms with Gasteiger partial charge in [0.1, 0.15) is 18.4 Å². The van der Waals surface area contributed by atoms with E-state index in [9.17, 15) is 14.9 Å². The van der Waals surface area contributed by atoms with Gasteiger partial charge < -0.3 is 5.32 Å². The Hall–Kier alpha value is -2.41. The van der Waals surface area contributed by atoms with Gasteiger partial charge >= 0.3 is 5.69 Å². The van der Waals surface area contributed by atoms with Crippen molar-refractivity contribution < 1.29 is 9.72 Å². The Balaban J connectivity index is 1.99. The summed E-state index contributed by atoms with van der Waals surface area (Å²) in [5, 5.41) is 17.7. The predicted molar refractivity (Wildman–Crippen MR) is 76.9 cm³/mol. The summed E-state index contributed by atoms with van der Waals surface area (Å²) in [4.78, 5) is 22.1. The van der Waals surface area contributed by atoms with Gasteiger partial charge in [-0.2, -0.15) is 5.10 Å². The molecule has 0 spiro atoms. The van der Waals surface area contributed by atoms with Crippen molar-refractivity contribution in [2.24, 2.45) is 0 Å². The molecule has 0 radical (unpaired) electrons. The van der Waals surface area contributed by atoms with Crippen LogP contribution in [0.4, 0.5) is 5.69 Å². The van der Waals surface area contributed by atoms with Gasteiger partial charge in [0.2, 0.25) is 5.91 Å². The molecular weight excluding hydrogens is 296 g/mol. The maximum Gasteiger partial charge on any atom is 0.307 e. The summed E-state index contributed by atoms with van der Waals surface area (Å²) in [5.41, 5.74) is 0.645. The molecule has 1 aromatic carbocycles. The number of nitrogens with one attached hydrogen (secondary N) is 1. The zero-order chi connectivity index (χ0) is 15.4. The quantitative estimate of drug-likeness (QED) is 0.678. The lowest BCUT2D eigenvalue weighted by Gasteiger charge is -2.12. The number of hydrogen-bond donors (Lipinski definition) is 1. The highest BCUT2D eigenvalue weighted by atomic mass is 35.5. The maximum absolute atomic E-state index is 12.0. The van der Waals surface area contributed by atoms with Crippen molar-refractivity contribution in [1.82, 2.24) is 15.1 Å².